The van der Waals surface area contributed by atoms with Gasteiger partial charge >= 0.3 is 0 Å². The van der Waals surface area contributed by atoms with Crippen molar-refractivity contribution in [3.05, 3.63) is 228 Å². The van der Waals surface area contributed by atoms with Crippen LogP contribution in [0.2, 0.25) is 0 Å². The number of hydrogen-bond donors (Lipinski definition) is 0. The number of anilines is 3. The van der Waals surface area contributed by atoms with Gasteiger partial charge in [0.25, 0.3) is 0 Å². The predicted octanol–water partition coefficient (Wildman–Crippen LogP) is 13.2. The zero-order chi connectivity index (χ0) is 39.5. The quantitative estimate of drug-likeness (QED) is 0.169. The summed E-state index contributed by atoms with van der Waals surface area (Å²) in [7, 11) is 0. The van der Waals surface area contributed by atoms with Gasteiger partial charge in [-0.15, -0.1) is 0 Å². The van der Waals surface area contributed by atoms with Gasteiger partial charge < -0.3 is 9.47 Å². The van der Waals surface area contributed by atoms with Crippen LogP contribution in [0.15, 0.2) is 200 Å². The first-order chi connectivity index (χ1) is 29.1. The van der Waals surface area contributed by atoms with Gasteiger partial charge in [0, 0.05) is 44.3 Å². The lowest BCUT2D eigenvalue weighted by molar-refractivity contribution is 0.544. The first kappa shape index (κ1) is 34.6. The van der Waals surface area contributed by atoms with Gasteiger partial charge in [-0.25, -0.2) is 15.0 Å². The molecule has 1 aliphatic heterocycles. The Kier molecular flexibility index (Phi) is 8.09. The van der Waals surface area contributed by atoms with Crippen LogP contribution in [0.3, 0.4) is 0 Å². The van der Waals surface area contributed by atoms with Crippen LogP contribution >= 0.6 is 0 Å². The highest BCUT2D eigenvalue weighted by Crippen LogP contribution is 2.57. The summed E-state index contributed by atoms with van der Waals surface area (Å²) in [4.78, 5) is 17.7. The average molecular weight is 758 g/mol. The van der Waals surface area contributed by atoms with Crippen molar-refractivity contribution in [2.45, 2.75) is 19.4 Å². The van der Waals surface area contributed by atoms with Crippen molar-refractivity contribution in [2.24, 2.45) is 0 Å². The molecular weight excluding hydrogens is 719 g/mol. The molecule has 0 bridgehead atoms. The normalized spacial score (nSPS) is 13.0. The van der Waals surface area contributed by atoms with Crippen LogP contribution < -0.4 is 4.90 Å². The van der Waals surface area contributed by atoms with E-state index in [4.69, 9.17) is 15.0 Å². The first-order valence-corrected chi connectivity index (χ1v) is 20.1. The van der Waals surface area contributed by atoms with Crippen LogP contribution in [0.1, 0.15) is 27.8 Å². The van der Waals surface area contributed by atoms with E-state index in [9.17, 15) is 0 Å². The first-order valence-electron chi connectivity index (χ1n) is 20.1. The van der Waals surface area contributed by atoms with E-state index in [-0.39, 0.29) is 0 Å². The van der Waals surface area contributed by atoms with Crippen molar-refractivity contribution in [3.63, 3.8) is 0 Å². The van der Waals surface area contributed by atoms with Crippen molar-refractivity contribution in [3.8, 4) is 34.2 Å². The van der Waals surface area contributed by atoms with E-state index >= 15 is 0 Å². The van der Waals surface area contributed by atoms with Gasteiger partial charge in [0.15, 0.2) is 17.5 Å². The topological polar surface area (TPSA) is 46.8 Å². The Hall–Kier alpha value is -7.63. The summed E-state index contributed by atoms with van der Waals surface area (Å²) < 4.78 is 2.59. The Bertz CT molecular complexity index is 3010. The minimum Gasteiger partial charge on any atom is -0.322 e. The molecule has 1 aliphatic rings. The summed E-state index contributed by atoms with van der Waals surface area (Å²) in [5.74, 6) is 1.96. The van der Waals surface area contributed by atoms with E-state index in [2.05, 4.69) is 187 Å². The lowest BCUT2D eigenvalue weighted by atomic mass is 9.72. The molecule has 0 saturated carbocycles. The number of aryl methyl sites for hydroxylation is 2. The van der Waals surface area contributed by atoms with Gasteiger partial charge in [-0.2, -0.15) is 0 Å². The number of benzene rings is 8. The fourth-order valence-electron chi connectivity index (χ4n) is 9.49. The number of para-hydroxylation sites is 4. The van der Waals surface area contributed by atoms with Gasteiger partial charge in [-0.3, -0.25) is 0 Å². The number of rotatable bonds is 6. The largest absolute Gasteiger partial charge is 0.322 e. The summed E-state index contributed by atoms with van der Waals surface area (Å²) in [5.41, 5.74) is 13.7. The second-order valence-corrected chi connectivity index (χ2v) is 15.3. The zero-order valence-corrected chi connectivity index (χ0v) is 32.8. The molecule has 0 spiro atoms. The molecule has 0 unspecified atom stereocenters. The van der Waals surface area contributed by atoms with Crippen molar-refractivity contribution in [2.75, 3.05) is 4.90 Å². The number of hydrogen-bond acceptors (Lipinski definition) is 4. The summed E-state index contributed by atoms with van der Waals surface area (Å²) in [6, 6.07) is 71.5. The highest BCUT2D eigenvalue weighted by molar-refractivity contribution is 6.09. The zero-order valence-electron chi connectivity index (χ0n) is 32.8. The lowest BCUT2D eigenvalue weighted by Gasteiger charge is -2.47. The van der Waals surface area contributed by atoms with E-state index in [0.717, 1.165) is 44.9 Å². The maximum atomic E-state index is 5.13. The van der Waals surface area contributed by atoms with Gasteiger partial charge in [0.1, 0.15) is 5.54 Å². The second-order valence-electron chi connectivity index (χ2n) is 15.3. The van der Waals surface area contributed by atoms with Crippen LogP contribution in [0.5, 0.6) is 0 Å². The number of nitrogens with zero attached hydrogens (tertiary/aromatic N) is 5. The minimum atomic E-state index is -0.704. The van der Waals surface area contributed by atoms with Crippen LogP contribution in [-0.2, 0) is 5.54 Å². The predicted molar refractivity (Wildman–Crippen MR) is 241 cm³/mol. The summed E-state index contributed by atoms with van der Waals surface area (Å²) in [6.45, 7) is 4.35. The smallest absolute Gasteiger partial charge is 0.164 e. The number of fused-ring (bicyclic) bond motifs is 5. The van der Waals surface area contributed by atoms with E-state index in [1.165, 1.54) is 38.5 Å². The van der Waals surface area contributed by atoms with E-state index in [1.807, 2.05) is 36.4 Å². The second kappa shape index (κ2) is 13.8. The molecule has 59 heavy (non-hydrogen) atoms. The van der Waals surface area contributed by atoms with Crippen molar-refractivity contribution in [1.82, 2.24) is 19.5 Å². The molecule has 0 radical (unpaired) electrons. The van der Waals surface area contributed by atoms with E-state index in [0.29, 0.717) is 17.5 Å². The lowest BCUT2D eigenvalue weighted by Crippen LogP contribution is -2.42. The van der Waals surface area contributed by atoms with Gasteiger partial charge in [-0.1, -0.05) is 164 Å². The third kappa shape index (κ3) is 5.35. The molecule has 280 valence electrons. The molecule has 5 nitrogen and oxygen atoms in total. The summed E-state index contributed by atoms with van der Waals surface area (Å²) in [6.07, 6.45) is 0. The third-order valence-electron chi connectivity index (χ3n) is 11.9. The molecule has 8 aromatic carbocycles. The molecule has 0 fully saturated rings. The van der Waals surface area contributed by atoms with Crippen LogP contribution in [0.25, 0.3) is 56.0 Å². The Morgan fingerprint density at radius 1 is 0.407 bits per heavy atom. The summed E-state index contributed by atoms with van der Waals surface area (Å²) >= 11 is 0. The standard InChI is InChI=1S/C54H39N5/c1-36-34-41(35-37(2)50(36)53-56-51(38-20-6-3-7-21-38)55-52(57-53)39-22-8-4-9-23-39)58-48-32-18-14-28-44(48)54(40-24-10-5-11-25-40,45-29-15-19-33-49(45)58)59-46-30-16-12-26-42(46)43-27-13-17-31-47(43)59/h3-35H,1-2H3. The summed E-state index contributed by atoms with van der Waals surface area (Å²) in [5, 5.41) is 2.48. The molecule has 10 aromatic rings. The Balaban J connectivity index is 1.15. The van der Waals surface area contributed by atoms with Gasteiger partial charge in [-0.05, 0) is 66.9 Å². The fraction of sp³-hybridized carbons (Fsp3) is 0.0556. The molecule has 5 heteroatoms. The maximum absolute atomic E-state index is 5.13. The van der Waals surface area contributed by atoms with Gasteiger partial charge in [0.05, 0.1) is 22.4 Å². The van der Waals surface area contributed by atoms with Crippen LogP contribution in [0, 0.1) is 13.8 Å². The number of aromatic nitrogens is 4. The SMILES string of the molecule is Cc1cc(N2c3ccccc3C(c3ccccc3)(n3c4ccccc4c4ccccc43)c3ccccc32)cc(C)c1-c1nc(-c2ccccc2)nc(-c2ccccc2)n1. The van der Waals surface area contributed by atoms with E-state index < -0.39 is 5.54 Å². The average Bonchev–Trinajstić information content (AvgIpc) is 3.63. The minimum absolute atomic E-state index is 0.651. The molecular formula is C54H39N5. The molecule has 0 aliphatic carbocycles. The molecule has 0 N–H and O–H groups in total. The third-order valence-corrected chi connectivity index (χ3v) is 11.9. The Morgan fingerprint density at radius 2 is 0.814 bits per heavy atom. The van der Waals surface area contributed by atoms with Crippen LogP contribution in [0.4, 0.5) is 17.1 Å². The molecule has 0 saturated heterocycles. The Labute approximate surface area is 343 Å². The monoisotopic (exact) mass is 757 g/mol. The highest BCUT2D eigenvalue weighted by Gasteiger charge is 2.48. The molecule has 3 heterocycles. The van der Waals surface area contributed by atoms with Crippen molar-refractivity contribution in [1.29, 1.82) is 0 Å². The molecule has 2 aromatic heterocycles. The molecule has 0 atom stereocenters. The molecule has 0 amide bonds. The highest BCUT2D eigenvalue weighted by atomic mass is 15.2. The van der Waals surface area contributed by atoms with Crippen molar-refractivity contribution >= 4 is 38.9 Å². The van der Waals surface area contributed by atoms with E-state index in [1.54, 1.807) is 0 Å². The van der Waals surface area contributed by atoms with Crippen LogP contribution in [-0.4, -0.2) is 19.5 Å². The maximum Gasteiger partial charge on any atom is 0.164 e. The van der Waals surface area contributed by atoms with Crippen molar-refractivity contribution < 1.29 is 0 Å². The fourth-order valence-corrected chi connectivity index (χ4v) is 9.49. The van der Waals surface area contributed by atoms with Gasteiger partial charge in [0.2, 0.25) is 0 Å². The Morgan fingerprint density at radius 3 is 1.32 bits per heavy atom. The molecule has 11 rings (SSSR count).